The molecule has 0 radical (unpaired) electrons. The molecule has 0 aliphatic heterocycles. The first-order valence-electron chi connectivity index (χ1n) is 5.26. The van der Waals surface area contributed by atoms with Gasteiger partial charge in [-0.15, -0.1) is 0 Å². The monoisotopic (exact) mass is 362 g/mol. The lowest BCUT2D eigenvalue weighted by atomic mass is 10.3. The topological polar surface area (TPSA) is 68.3 Å². The van der Waals surface area contributed by atoms with Crippen molar-refractivity contribution in [2.24, 2.45) is 5.73 Å². The fraction of sp³-hybridized carbons (Fsp3) is 0.0833. The Bertz CT molecular complexity index is 628. The molecule has 0 bridgehead atoms. The summed E-state index contributed by atoms with van der Waals surface area (Å²) in [5.74, 6) is 0.278. The maximum Gasteiger partial charge on any atom is 0.291 e. The van der Waals surface area contributed by atoms with Gasteiger partial charge in [-0.25, -0.2) is 0 Å². The van der Waals surface area contributed by atoms with Gasteiger partial charge in [-0.2, -0.15) is 0 Å². The highest BCUT2D eigenvalue weighted by atomic mass is 79.9. The minimum atomic E-state index is -0.417. The molecule has 0 atom stereocenters. The lowest BCUT2D eigenvalue weighted by Crippen LogP contribution is -2.11. The average Bonchev–Trinajstić information content (AvgIpc) is 2.88. The molecule has 0 saturated carbocycles. The Morgan fingerprint density at radius 2 is 2.00 bits per heavy atom. The second kappa shape index (κ2) is 5.96. The number of benzene rings is 1. The number of nitrogens with one attached hydrogen (secondary N) is 1. The van der Waals surface area contributed by atoms with Gasteiger partial charge in [-0.1, -0.05) is 23.2 Å². The van der Waals surface area contributed by atoms with Gasteiger partial charge in [0.2, 0.25) is 0 Å². The Morgan fingerprint density at radius 1 is 1.26 bits per heavy atom. The standard InChI is InChI=1S/C12H9BrCl2N2O2/c13-7-2-3-8(11(15)10(7)14)17-12(18)9-4-1-6(5-16)19-9/h1-4H,5,16H2,(H,17,18). The molecule has 4 nitrogen and oxygen atoms in total. The first-order chi connectivity index (χ1) is 9.02. The van der Waals surface area contributed by atoms with Crippen LogP contribution in [0.3, 0.4) is 0 Å². The maximum absolute atomic E-state index is 11.9. The average molecular weight is 364 g/mol. The summed E-state index contributed by atoms with van der Waals surface area (Å²) >= 11 is 15.2. The van der Waals surface area contributed by atoms with Crippen LogP contribution in [0, 0.1) is 0 Å². The zero-order valence-corrected chi connectivity index (χ0v) is 12.6. The largest absolute Gasteiger partial charge is 0.455 e. The van der Waals surface area contributed by atoms with Gasteiger partial charge >= 0.3 is 0 Å². The molecule has 7 heteroatoms. The first-order valence-corrected chi connectivity index (χ1v) is 6.81. The van der Waals surface area contributed by atoms with Crippen molar-refractivity contribution in [1.82, 2.24) is 0 Å². The van der Waals surface area contributed by atoms with E-state index < -0.39 is 5.91 Å². The van der Waals surface area contributed by atoms with Gasteiger partial charge in [-0.3, -0.25) is 4.79 Å². The van der Waals surface area contributed by atoms with E-state index in [1.165, 1.54) is 0 Å². The number of furan rings is 1. The predicted octanol–water partition coefficient (Wildman–Crippen LogP) is 4.06. The number of anilines is 1. The quantitative estimate of drug-likeness (QED) is 0.808. The summed E-state index contributed by atoms with van der Waals surface area (Å²) < 4.78 is 5.89. The SMILES string of the molecule is NCc1ccc(C(=O)Nc2ccc(Br)c(Cl)c2Cl)o1. The number of carbonyl (C=O) groups excluding carboxylic acids is 1. The van der Waals surface area contributed by atoms with Crippen LogP contribution in [0.5, 0.6) is 0 Å². The predicted molar refractivity (Wildman–Crippen MR) is 78.7 cm³/mol. The highest BCUT2D eigenvalue weighted by molar-refractivity contribution is 9.10. The van der Waals surface area contributed by atoms with Crippen LogP contribution >= 0.6 is 39.1 Å². The van der Waals surface area contributed by atoms with Crippen molar-refractivity contribution in [2.45, 2.75) is 6.54 Å². The van der Waals surface area contributed by atoms with Crippen molar-refractivity contribution < 1.29 is 9.21 Å². The molecular weight excluding hydrogens is 355 g/mol. The van der Waals surface area contributed by atoms with Crippen LogP contribution in [0.2, 0.25) is 10.0 Å². The molecule has 0 saturated heterocycles. The van der Waals surface area contributed by atoms with E-state index in [1.54, 1.807) is 24.3 Å². The molecule has 1 aromatic carbocycles. The highest BCUT2D eigenvalue weighted by Gasteiger charge is 2.15. The van der Waals surface area contributed by atoms with E-state index in [0.717, 1.165) is 0 Å². The number of amides is 1. The van der Waals surface area contributed by atoms with Crippen molar-refractivity contribution in [3.05, 3.63) is 50.3 Å². The Hall–Kier alpha value is -1.01. The van der Waals surface area contributed by atoms with E-state index >= 15 is 0 Å². The fourth-order valence-corrected chi connectivity index (χ4v) is 2.24. The zero-order valence-electron chi connectivity index (χ0n) is 9.54. The molecule has 0 aliphatic carbocycles. The van der Waals surface area contributed by atoms with Crippen LogP contribution in [-0.2, 0) is 6.54 Å². The Balaban J connectivity index is 2.21. The molecule has 0 fully saturated rings. The molecule has 1 aromatic heterocycles. The van der Waals surface area contributed by atoms with Gasteiger partial charge in [0.25, 0.3) is 5.91 Å². The van der Waals surface area contributed by atoms with Crippen molar-refractivity contribution in [2.75, 3.05) is 5.32 Å². The minimum Gasteiger partial charge on any atom is -0.455 e. The summed E-state index contributed by atoms with van der Waals surface area (Å²) in [5.41, 5.74) is 5.82. The summed E-state index contributed by atoms with van der Waals surface area (Å²) in [7, 11) is 0. The van der Waals surface area contributed by atoms with Crippen molar-refractivity contribution >= 4 is 50.7 Å². The maximum atomic E-state index is 11.9. The molecule has 0 unspecified atom stereocenters. The molecule has 2 rings (SSSR count). The van der Waals surface area contributed by atoms with Crippen LogP contribution in [-0.4, -0.2) is 5.91 Å². The van der Waals surface area contributed by atoms with Crippen LogP contribution in [0.4, 0.5) is 5.69 Å². The number of nitrogens with two attached hydrogens (primary N) is 1. The van der Waals surface area contributed by atoms with E-state index in [9.17, 15) is 4.79 Å². The van der Waals surface area contributed by atoms with E-state index in [2.05, 4.69) is 21.2 Å². The summed E-state index contributed by atoms with van der Waals surface area (Å²) in [5, 5.41) is 3.22. The molecule has 0 spiro atoms. The van der Waals surface area contributed by atoms with E-state index in [1.807, 2.05) is 0 Å². The molecule has 3 N–H and O–H groups in total. The van der Waals surface area contributed by atoms with Gasteiger partial charge in [0.15, 0.2) is 5.76 Å². The number of rotatable bonds is 3. The van der Waals surface area contributed by atoms with Crippen LogP contribution in [0.15, 0.2) is 33.2 Å². The van der Waals surface area contributed by atoms with Gasteiger partial charge in [0.1, 0.15) is 5.76 Å². The third-order valence-electron chi connectivity index (χ3n) is 2.37. The number of hydrogen-bond donors (Lipinski definition) is 2. The Kier molecular flexibility index (Phi) is 4.52. The molecule has 19 heavy (non-hydrogen) atoms. The molecule has 1 heterocycles. The number of hydrogen-bond acceptors (Lipinski definition) is 3. The van der Waals surface area contributed by atoms with Crippen molar-refractivity contribution in [3.63, 3.8) is 0 Å². The van der Waals surface area contributed by atoms with E-state index in [-0.39, 0.29) is 17.3 Å². The second-order valence-electron chi connectivity index (χ2n) is 3.65. The third kappa shape index (κ3) is 3.12. The van der Waals surface area contributed by atoms with Gasteiger partial charge in [0.05, 0.1) is 22.3 Å². The highest BCUT2D eigenvalue weighted by Crippen LogP contribution is 2.36. The van der Waals surface area contributed by atoms with Crippen molar-refractivity contribution in [3.8, 4) is 0 Å². The van der Waals surface area contributed by atoms with E-state index in [0.29, 0.717) is 20.9 Å². The second-order valence-corrected chi connectivity index (χ2v) is 5.26. The molecule has 2 aromatic rings. The lowest BCUT2D eigenvalue weighted by molar-refractivity contribution is 0.0995. The number of halogens is 3. The Morgan fingerprint density at radius 3 is 2.63 bits per heavy atom. The zero-order chi connectivity index (χ0) is 14.0. The normalized spacial score (nSPS) is 10.5. The van der Waals surface area contributed by atoms with E-state index in [4.69, 9.17) is 33.4 Å². The van der Waals surface area contributed by atoms with Gasteiger partial charge in [0, 0.05) is 4.47 Å². The molecular formula is C12H9BrCl2N2O2. The van der Waals surface area contributed by atoms with Crippen LogP contribution in [0.25, 0.3) is 0 Å². The smallest absolute Gasteiger partial charge is 0.291 e. The minimum absolute atomic E-state index is 0.163. The number of carbonyl (C=O) groups is 1. The summed E-state index contributed by atoms with van der Waals surface area (Å²) in [6.07, 6.45) is 0. The summed E-state index contributed by atoms with van der Waals surface area (Å²) in [6, 6.07) is 6.53. The third-order valence-corrected chi connectivity index (χ3v) is 4.14. The molecule has 1 amide bonds. The van der Waals surface area contributed by atoms with Crippen LogP contribution < -0.4 is 11.1 Å². The van der Waals surface area contributed by atoms with Gasteiger partial charge in [-0.05, 0) is 40.2 Å². The van der Waals surface area contributed by atoms with Crippen LogP contribution in [0.1, 0.15) is 16.3 Å². The Labute approximate surface area is 128 Å². The first kappa shape index (κ1) is 14.4. The summed E-state index contributed by atoms with van der Waals surface area (Å²) in [4.78, 5) is 11.9. The van der Waals surface area contributed by atoms with Gasteiger partial charge < -0.3 is 15.5 Å². The lowest BCUT2D eigenvalue weighted by Gasteiger charge is -2.08. The molecule has 0 aliphatic rings. The molecule has 100 valence electrons. The summed E-state index contributed by atoms with van der Waals surface area (Å²) in [6.45, 7) is 0.234. The fourth-order valence-electron chi connectivity index (χ4n) is 1.42. The van der Waals surface area contributed by atoms with Crippen molar-refractivity contribution in [1.29, 1.82) is 0 Å².